The zero-order valence-corrected chi connectivity index (χ0v) is 26.0. The normalized spacial score (nSPS) is 49.2. The van der Waals surface area contributed by atoms with Crippen LogP contribution in [0.25, 0.3) is 0 Å². The van der Waals surface area contributed by atoms with Gasteiger partial charge in [-0.2, -0.15) is 0 Å². The van der Waals surface area contributed by atoms with E-state index >= 15 is 0 Å². The molecule has 0 bridgehead atoms. The van der Waals surface area contributed by atoms with Gasteiger partial charge in [0.15, 0.2) is 0 Å². The molecule has 5 aliphatic heterocycles. The molecule has 7 nitrogen and oxygen atoms in total. The van der Waals surface area contributed by atoms with E-state index in [9.17, 15) is 0 Å². The Morgan fingerprint density at radius 2 is 1.26 bits per heavy atom. The maximum atomic E-state index is 7.03. The van der Waals surface area contributed by atoms with Gasteiger partial charge >= 0.3 is 219 Å². The monoisotopic (exact) mass is 587 g/mol. The van der Waals surface area contributed by atoms with Crippen molar-refractivity contribution >= 4 is 34.4 Å². The van der Waals surface area contributed by atoms with Crippen LogP contribution in [0.15, 0.2) is 0 Å². The summed E-state index contributed by atoms with van der Waals surface area (Å²) >= 11 is -4.99. The summed E-state index contributed by atoms with van der Waals surface area (Å²) in [5, 5.41) is 3.72. The van der Waals surface area contributed by atoms with Gasteiger partial charge in [0.2, 0.25) is 0 Å². The second kappa shape index (κ2) is 9.95. The van der Waals surface area contributed by atoms with Gasteiger partial charge < -0.3 is 0 Å². The van der Waals surface area contributed by atoms with Crippen LogP contribution in [0.3, 0.4) is 0 Å². The van der Waals surface area contributed by atoms with E-state index in [4.69, 9.17) is 14.1 Å². The minimum atomic E-state index is -2.51. The fourth-order valence-electron chi connectivity index (χ4n) is 8.77. The van der Waals surface area contributed by atoms with E-state index in [0.717, 1.165) is 31.2 Å². The molecule has 2 saturated carbocycles. The number of rotatable bonds is 4. The SMILES string of the molecule is CC1CCC2CCCC3[O][Ga]([O]C4CCCNC4[O][Ga]4[O]C5CCCC6CCC(C)[N]4C65)[N]1C23. The van der Waals surface area contributed by atoms with Crippen molar-refractivity contribution in [2.24, 2.45) is 11.8 Å². The molecule has 0 radical (unpaired) electrons. The molecule has 0 aromatic carbocycles. The quantitative estimate of drug-likeness (QED) is 0.507. The van der Waals surface area contributed by atoms with E-state index in [2.05, 4.69) is 26.4 Å². The number of piperidine rings is 3. The Morgan fingerprint density at radius 1 is 0.676 bits per heavy atom. The third-order valence-corrected chi connectivity index (χ3v) is 20.8. The molecule has 0 spiro atoms. The van der Waals surface area contributed by atoms with Crippen LogP contribution in [0.5, 0.6) is 0 Å². The van der Waals surface area contributed by atoms with Crippen LogP contribution in [0, 0.1) is 11.8 Å². The van der Waals surface area contributed by atoms with Crippen molar-refractivity contribution < 1.29 is 14.1 Å². The fourth-order valence-corrected chi connectivity index (χ4v) is 20.4. The molecule has 0 amide bonds. The molecule has 188 valence electrons. The summed E-state index contributed by atoms with van der Waals surface area (Å²) in [6.45, 7) is 5.86. The summed E-state index contributed by atoms with van der Waals surface area (Å²) in [6.07, 6.45) is 16.5. The summed E-state index contributed by atoms with van der Waals surface area (Å²) in [4.78, 5) is 0. The number of nitrogens with one attached hydrogen (secondary N) is 1. The number of hydrogen-bond acceptors (Lipinski definition) is 7. The van der Waals surface area contributed by atoms with E-state index in [1.165, 1.54) is 64.2 Å². The van der Waals surface area contributed by atoms with Gasteiger partial charge in [0.1, 0.15) is 0 Å². The van der Waals surface area contributed by atoms with E-state index in [0.29, 0.717) is 36.4 Å². The Bertz CT molecular complexity index is 691. The summed E-state index contributed by atoms with van der Waals surface area (Å²) < 4.78 is 33.2. The maximum absolute atomic E-state index is 7.03. The van der Waals surface area contributed by atoms with Crippen molar-refractivity contribution in [3.63, 3.8) is 0 Å². The van der Waals surface area contributed by atoms with Crippen LogP contribution in [-0.4, -0.2) is 96.8 Å². The van der Waals surface area contributed by atoms with Gasteiger partial charge in [-0.15, -0.1) is 0 Å². The minimum absolute atomic E-state index is 0.0146. The first-order valence-corrected chi connectivity index (χ1v) is 20.7. The average molecular weight is 589 g/mol. The third kappa shape index (κ3) is 4.17. The van der Waals surface area contributed by atoms with Gasteiger partial charge in [0, 0.05) is 0 Å². The third-order valence-electron chi connectivity index (χ3n) is 10.4. The molecule has 5 saturated heterocycles. The predicted molar refractivity (Wildman–Crippen MR) is 132 cm³/mol. The summed E-state index contributed by atoms with van der Waals surface area (Å²) in [6, 6.07) is 2.51. The van der Waals surface area contributed by atoms with Crippen molar-refractivity contribution in [2.75, 3.05) is 6.54 Å². The molecular weight excluding hydrogens is 546 g/mol. The Morgan fingerprint density at radius 3 is 1.88 bits per heavy atom. The van der Waals surface area contributed by atoms with Gasteiger partial charge in [0.25, 0.3) is 0 Å². The van der Waals surface area contributed by atoms with E-state index in [-0.39, 0.29) is 12.3 Å². The zero-order valence-electron chi connectivity index (χ0n) is 21.1. The first-order valence-electron chi connectivity index (χ1n) is 14.6. The van der Waals surface area contributed by atoms with Crippen LogP contribution in [0.2, 0.25) is 0 Å². The van der Waals surface area contributed by atoms with Crippen LogP contribution in [0.1, 0.15) is 90.9 Å². The summed E-state index contributed by atoms with van der Waals surface area (Å²) in [5.74, 6) is 1.67. The number of hydrogen-bond donors (Lipinski definition) is 1. The summed E-state index contributed by atoms with van der Waals surface area (Å²) in [7, 11) is 0. The van der Waals surface area contributed by atoms with Crippen molar-refractivity contribution in [3.8, 4) is 0 Å². The Balaban J connectivity index is 1.07. The molecular formula is C25H43Ga2N3O4. The van der Waals surface area contributed by atoms with Crippen LogP contribution >= 0.6 is 0 Å². The standard InChI is InChI=1S/2C10H17NO.C5H9NO2.2Ga/c2*1-7-5-6-8-3-2-4-9(12)10(8)11-7;7-4-2-1-3-6-5(4)8;;/h2*7-10H,2-6H2,1H3;4-6H,1-3H2;;/q3*-2;2*+3. The molecule has 7 aliphatic rings. The molecule has 5 heterocycles. The molecule has 7 rings (SSSR count). The van der Waals surface area contributed by atoms with E-state index in [1.54, 1.807) is 0 Å². The van der Waals surface area contributed by atoms with Crippen molar-refractivity contribution in [1.82, 2.24) is 12.5 Å². The van der Waals surface area contributed by atoms with Gasteiger partial charge in [-0.25, -0.2) is 0 Å². The van der Waals surface area contributed by atoms with Crippen LogP contribution in [-0.2, 0) is 14.1 Å². The van der Waals surface area contributed by atoms with Crippen LogP contribution < -0.4 is 5.32 Å². The Hall–Kier alpha value is 0.993. The molecule has 0 aromatic rings. The van der Waals surface area contributed by atoms with Crippen molar-refractivity contribution in [2.45, 2.75) is 140 Å². The molecule has 2 aliphatic carbocycles. The Kier molecular flexibility index (Phi) is 7.04. The zero-order chi connectivity index (χ0) is 22.8. The number of nitrogens with zero attached hydrogens (tertiary/aromatic N) is 2. The summed E-state index contributed by atoms with van der Waals surface area (Å²) in [5.41, 5.74) is 0. The fraction of sp³-hybridized carbons (Fsp3) is 1.00. The van der Waals surface area contributed by atoms with E-state index < -0.39 is 34.4 Å². The second-order valence-electron chi connectivity index (χ2n) is 12.4. The topological polar surface area (TPSA) is 55.4 Å². The van der Waals surface area contributed by atoms with Crippen molar-refractivity contribution in [3.05, 3.63) is 0 Å². The van der Waals surface area contributed by atoms with Crippen molar-refractivity contribution in [1.29, 1.82) is 0 Å². The second-order valence-corrected chi connectivity index (χ2v) is 19.8. The van der Waals surface area contributed by atoms with Gasteiger partial charge in [-0.1, -0.05) is 0 Å². The first-order chi connectivity index (χ1) is 16.7. The first kappa shape index (κ1) is 24.1. The molecule has 7 fully saturated rings. The van der Waals surface area contributed by atoms with E-state index in [1.807, 2.05) is 0 Å². The Labute approximate surface area is 218 Å². The molecule has 10 atom stereocenters. The molecule has 10 unspecified atom stereocenters. The predicted octanol–water partition coefficient (Wildman–Crippen LogP) is 3.17. The van der Waals surface area contributed by atoms with Gasteiger partial charge in [-0.05, 0) is 0 Å². The molecule has 34 heavy (non-hydrogen) atoms. The van der Waals surface area contributed by atoms with Gasteiger partial charge in [0.05, 0.1) is 0 Å². The van der Waals surface area contributed by atoms with Gasteiger partial charge in [-0.3, -0.25) is 0 Å². The molecule has 0 aromatic heterocycles. The molecule has 9 heteroatoms. The van der Waals surface area contributed by atoms with Crippen LogP contribution in [0.4, 0.5) is 0 Å². The average Bonchev–Trinajstić information content (AvgIpc) is 3.41. The molecule has 1 N–H and O–H groups in total.